The first-order chi connectivity index (χ1) is 48.7. The number of unbranched alkanes of at least 4 members (excludes halogenated alkanes) is 17. The molecule has 3 N–H and O–H groups in total. The molecule has 0 aliphatic rings. The molecule has 0 saturated heterocycles. The molecule has 19 heteroatoms. The molecule has 0 radical (unpaired) electrons. The SMILES string of the molecule is CC/C=C\C/C=C\C/C=C\C/C=C\CCCCCCC(=O)OCC(COP(=O)(O)OCC(O)COP(=O)(O)OCC(COC(=O)CCCC/C=C\C/C=C\C/C=C\C/C=C\CC)OC(=O)CCCC/C=C\C/C=C\C/C=C\C/C=C\CC)OC(=O)CCCCCCC/C=C\CCCCCC. The number of aliphatic hydroxyl groups excluding tert-OH is 1. The van der Waals surface area contributed by atoms with Crippen LogP contribution in [0.5, 0.6) is 0 Å². The van der Waals surface area contributed by atoms with Gasteiger partial charge in [0, 0.05) is 25.7 Å². The summed E-state index contributed by atoms with van der Waals surface area (Å²) in [6, 6.07) is 0. The van der Waals surface area contributed by atoms with Crippen LogP contribution >= 0.6 is 15.6 Å². The molecule has 17 nitrogen and oxygen atoms in total. The third-order valence-electron chi connectivity index (χ3n) is 15.0. The largest absolute Gasteiger partial charge is 0.472 e. The van der Waals surface area contributed by atoms with Gasteiger partial charge in [-0.05, 0) is 167 Å². The Morgan fingerprint density at radius 3 is 0.830 bits per heavy atom. The topological polar surface area (TPSA) is 237 Å². The molecule has 568 valence electrons. The number of hydrogen-bond acceptors (Lipinski definition) is 15. The lowest BCUT2D eigenvalue weighted by Crippen LogP contribution is -2.30. The Morgan fingerprint density at radius 1 is 0.290 bits per heavy atom. The van der Waals surface area contributed by atoms with Gasteiger partial charge >= 0.3 is 39.5 Å². The van der Waals surface area contributed by atoms with Gasteiger partial charge < -0.3 is 33.8 Å². The first kappa shape index (κ1) is 94.7. The lowest BCUT2D eigenvalue weighted by atomic mass is 10.1. The Bertz CT molecular complexity index is 2520. The van der Waals surface area contributed by atoms with E-state index >= 15 is 0 Å². The van der Waals surface area contributed by atoms with Gasteiger partial charge in [0.05, 0.1) is 26.4 Å². The molecule has 5 atom stereocenters. The van der Waals surface area contributed by atoms with Crippen LogP contribution < -0.4 is 0 Å². The van der Waals surface area contributed by atoms with Crippen molar-refractivity contribution in [3.05, 3.63) is 158 Å². The summed E-state index contributed by atoms with van der Waals surface area (Å²) in [4.78, 5) is 72.8. The van der Waals surface area contributed by atoms with E-state index in [0.29, 0.717) is 32.1 Å². The van der Waals surface area contributed by atoms with Crippen molar-refractivity contribution >= 4 is 39.5 Å². The van der Waals surface area contributed by atoms with Crippen molar-refractivity contribution in [2.24, 2.45) is 0 Å². The molecule has 0 amide bonds. The maximum Gasteiger partial charge on any atom is 0.472 e. The summed E-state index contributed by atoms with van der Waals surface area (Å²) in [6.45, 7) is 4.35. The van der Waals surface area contributed by atoms with Gasteiger partial charge in [0.1, 0.15) is 19.3 Å². The number of carbonyl (C=O) groups excluding carboxylic acids is 4. The van der Waals surface area contributed by atoms with Gasteiger partial charge in [-0.1, -0.05) is 237 Å². The van der Waals surface area contributed by atoms with E-state index < -0.39 is 97.5 Å². The Balaban J connectivity index is 5.46. The minimum Gasteiger partial charge on any atom is -0.462 e. The molecular weight excluding hydrogens is 1310 g/mol. The van der Waals surface area contributed by atoms with E-state index in [1.165, 1.54) is 25.7 Å². The van der Waals surface area contributed by atoms with Crippen molar-refractivity contribution in [2.45, 2.75) is 290 Å². The monoisotopic (exact) mass is 1440 g/mol. The summed E-state index contributed by atoms with van der Waals surface area (Å²) in [5.41, 5.74) is 0. The van der Waals surface area contributed by atoms with Crippen LogP contribution in [0.15, 0.2) is 158 Å². The minimum absolute atomic E-state index is 0.0276. The summed E-state index contributed by atoms with van der Waals surface area (Å²) in [7, 11) is -9.99. The zero-order valence-corrected chi connectivity index (χ0v) is 63.6. The van der Waals surface area contributed by atoms with Crippen LogP contribution in [-0.2, 0) is 65.4 Å². The molecule has 0 aliphatic heterocycles. The highest BCUT2D eigenvalue weighted by Crippen LogP contribution is 2.45. The molecule has 0 saturated carbocycles. The highest BCUT2D eigenvalue weighted by Gasteiger charge is 2.30. The second-order valence-electron chi connectivity index (χ2n) is 24.4. The van der Waals surface area contributed by atoms with Crippen molar-refractivity contribution in [1.29, 1.82) is 0 Å². The number of aliphatic hydroxyl groups is 1. The van der Waals surface area contributed by atoms with E-state index in [9.17, 15) is 43.2 Å². The molecule has 0 heterocycles. The van der Waals surface area contributed by atoms with E-state index in [1.807, 2.05) is 0 Å². The number of ether oxygens (including phenoxy) is 4. The van der Waals surface area contributed by atoms with Crippen LogP contribution in [-0.4, -0.2) is 96.7 Å². The smallest absolute Gasteiger partial charge is 0.462 e. The maximum atomic E-state index is 13.1. The van der Waals surface area contributed by atoms with Gasteiger partial charge in [-0.25, -0.2) is 9.13 Å². The Hall–Kier alpha value is -5.32. The summed E-state index contributed by atoms with van der Waals surface area (Å²) >= 11 is 0. The number of carbonyl (C=O) groups is 4. The van der Waals surface area contributed by atoms with Crippen LogP contribution in [0.4, 0.5) is 0 Å². The molecule has 0 aliphatic carbocycles. The lowest BCUT2D eigenvalue weighted by Gasteiger charge is -2.21. The predicted octanol–water partition coefficient (Wildman–Crippen LogP) is 21.7. The van der Waals surface area contributed by atoms with Crippen LogP contribution in [0, 0.1) is 0 Å². The van der Waals surface area contributed by atoms with Gasteiger partial charge in [-0.3, -0.25) is 37.3 Å². The van der Waals surface area contributed by atoms with Gasteiger partial charge in [0.15, 0.2) is 12.2 Å². The fourth-order valence-corrected chi connectivity index (χ4v) is 10.9. The van der Waals surface area contributed by atoms with Crippen molar-refractivity contribution in [3.8, 4) is 0 Å². The third-order valence-corrected chi connectivity index (χ3v) is 16.9. The van der Waals surface area contributed by atoms with E-state index in [4.69, 9.17) is 37.0 Å². The van der Waals surface area contributed by atoms with Crippen molar-refractivity contribution in [3.63, 3.8) is 0 Å². The van der Waals surface area contributed by atoms with Gasteiger partial charge in [0.2, 0.25) is 0 Å². The summed E-state index contributed by atoms with van der Waals surface area (Å²) < 4.78 is 68.3. The Labute approximate surface area is 604 Å². The van der Waals surface area contributed by atoms with E-state index in [2.05, 4.69) is 186 Å². The van der Waals surface area contributed by atoms with E-state index in [0.717, 1.165) is 161 Å². The van der Waals surface area contributed by atoms with Crippen molar-refractivity contribution in [2.75, 3.05) is 39.6 Å². The predicted molar refractivity (Wildman–Crippen MR) is 408 cm³/mol. The first-order valence-corrected chi connectivity index (χ1v) is 40.7. The lowest BCUT2D eigenvalue weighted by molar-refractivity contribution is -0.161. The van der Waals surface area contributed by atoms with Crippen LogP contribution in [0.25, 0.3) is 0 Å². The number of allylic oxidation sites excluding steroid dienone is 26. The quantitative estimate of drug-likeness (QED) is 0.0169. The fourth-order valence-electron chi connectivity index (χ4n) is 9.30. The fraction of sp³-hybridized carbons (Fsp3) is 0.630. The van der Waals surface area contributed by atoms with E-state index in [1.54, 1.807) is 0 Å². The van der Waals surface area contributed by atoms with Gasteiger partial charge in [-0.2, -0.15) is 0 Å². The Kier molecular flexibility index (Phi) is 68.2. The van der Waals surface area contributed by atoms with Crippen LogP contribution in [0.3, 0.4) is 0 Å². The van der Waals surface area contributed by atoms with Crippen molar-refractivity contribution < 1.29 is 80.2 Å². The zero-order valence-electron chi connectivity index (χ0n) is 61.8. The second kappa shape index (κ2) is 72.0. The number of rotatable bonds is 69. The number of hydrogen-bond donors (Lipinski definition) is 3. The second-order valence-corrected chi connectivity index (χ2v) is 27.3. The summed E-state index contributed by atoms with van der Waals surface area (Å²) in [6.07, 6.45) is 82.5. The molecule has 0 fully saturated rings. The molecule has 0 bridgehead atoms. The molecule has 5 unspecified atom stereocenters. The van der Waals surface area contributed by atoms with Gasteiger partial charge in [-0.15, -0.1) is 0 Å². The molecule has 0 spiro atoms. The highest BCUT2D eigenvalue weighted by molar-refractivity contribution is 7.47. The van der Waals surface area contributed by atoms with Gasteiger partial charge in [0.25, 0.3) is 0 Å². The van der Waals surface area contributed by atoms with Crippen LogP contribution in [0.2, 0.25) is 0 Å². The number of esters is 4. The summed E-state index contributed by atoms with van der Waals surface area (Å²) in [5, 5.41) is 10.6. The molecule has 0 rings (SSSR count). The average molecular weight is 1440 g/mol. The normalized spacial score (nSPS) is 14.8. The maximum absolute atomic E-state index is 13.1. The first-order valence-electron chi connectivity index (χ1n) is 37.7. The number of phosphoric acid groups is 2. The Morgan fingerprint density at radius 2 is 0.520 bits per heavy atom. The molecule has 100 heavy (non-hydrogen) atoms. The molecule has 0 aromatic rings. The minimum atomic E-state index is -5.00. The molecule has 0 aromatic heterocycles. The number of phosphoric ester groups is 2. The average Bonchev–Trinajstić information content (AvgIpc) is 0.965. The highest BCUT2D eigenvalue weighted by atomic mass is 31.2. The summed E-state index contributed by atoms with van der Waals surface area (Å²) in [5.74, 6) is -2.32. The van der Waals surface area contributed by atoms with E-state index in [-0.39, 0.29) is 25.7 Å². The van der Waals surface area contributed by atoms with Crippen molar-refractivity contribution in [1.82, 2.24) is 0 Å². The third kappa shape index (κ3) is 71.1. The van der Waals surface area contributed by atoms with Crippen LogP contribution in [0.1, 0.15) is 272 Å². The zero-order chi connectivity index (χ0) is 73.2. The standard InChI is InChI=1S/C81H132O17P2/c1-5-9-13-17-21-25-29-33-36-37-40-43-46-50-54-58-62-66-79(84)92-71-76(97-80(85)67-63-59-55-51-47-41-32-28-24-20-16-12-8-4)73-95-99(87,88)93-69-75(82)70-94-100(89,90)96-74-77(98-81(86)68-64-60-56-52-48-44-39-35-31-27-23-19-15-11-7-3)72-91-78(83)65-61-57-53-49-45-42-38-34-30-26-22-18-14-10-6-2/h9-11,13-15,21-23,25-28,32-36,38-40,43,45,48-49,52,75-77,82H,5-8,12,16-20,24,29-31,37,41-42,44,46-47,50-51,53-74H2,1-4H3,(H,87,88)(H,89,90)/b13-9-,14-10-,15-11-,25-21-,26-22-,27-23-,32-28-,36-33-,38-34-,39-35-,43-40-,49-45-,52-48-. The molecule has 0 aromatic carbocycles. The molecular formula is C81H132O17P2.